The van der Waals surface area contributed by atoms with E-state index in [9.17, 15) is 27.9 Å². The van der Waals surface area contributed by atoms with E-state index in [4.69, 9.17) is 4.74 Å². The zero-order valence-corrected chi connectivity index (χ0v) is 21.3. The topological polar surface area (TPSA) is 94.1 Å². The van der Waals surface area contributed by atoms with E-state index in [0.29, 0.717) is 30.1 Å². The molecule has 0 spiro atoms. The number of rotatable bonds is 6. The van der Waals surface area contributed by atoms with Crippen molar-refractivity contribution in [3.8, 4) is 5.75 Å². The smallest absolute Gasteiger partial charge is 0.416 e. The molecule has 11 heteroatoms. The molecular weight excluding hydrogens is 489 g/mol. The van der Waals surface area contributed by atoms with E-state index >= 15 is 0 Å². The number of benzene rings is 2. The highest BCUT2D eigenvalue weighted by atomic mass is 19.4. The lowest BCUT2D eigenvalue weighted by molar-refractivity contribution is -0.137. The van der Waals surface area contributed by atoms with Gasteiger partial charge in [0.05, 0.1) is 24.6 Å². The summed E-state index contributed by atoms with van der Waals surface area (Å²) in [4.78, 5) is 29.3. The number of nitrogens with one attached hydrogen (secondary N) is 2. The van der Waals surface area contributed by atoms with Crippen molar-refractivity contribution in [1.29, 1.82) is 0 Å². The van der Waals surface area contributed by atoms with Gasteiger partial charge >= 0.3 is 12.2 Å². The number of likely N-dealkylation sites (N-methyl/N-ethyl adjacent to an activating group) is 1. The maximum atomic E-state index is 13.2. The van der Waals surface area contributed by atoms with Gasteiger partial charge in [0.25, 0.3) is 0 Å². The summed E-state index contributed by atoms with van der Waals surface area (Å²) in [6.07, 6.45) is -4.68. The molecule has 1 aliphatic rings. The summed E-state index contributed by atoms with van der Waals surface area (Å²) in [7, 11) is 3.87. The highest BCUT2D eigenvalue weighted by Gasteiger charge is 2.31. The van der Waals surface area contributed by atoms with Crippen LogP contribution in [0.3, 0.4) is 0 Å². The van der Waals surface area contributed by atoms with Crippen molar-refractivity contribution in [3.63, 3.8) is 0 Å². The number of amides is 3. The third-order valence-electron chi connectivity index (χ3n) is 6.19. The van der Waals surface area contributed by atoms with Crippen LogP contribution in [0.1, 0.15) is 25.0 Å². The fourth-order valence-electron chi connectivity index (χ4n) is 4.12. The molecule has 0 unspecified atom stereocenters. The molecule has 3 N–H and O–H groups in total. The van der Waals surface area contributed by atoms with E-state index in [-0.39, 0.29) is 42.7 Å². The third kappa shape index (κ3) is 7.59. The van der Waals surface area contributed by atoms with Gasteiger partial charge in [-0.25, -0.2) is 4.79 Å². The first-order valence-electron chi connectivity index (χ1n) is 12.0. The Labute approximate surface area is 214 Å². The highest BCUT2D eigenvalue weighted by molar-refractivity contribution is 6.00. The van der Waals surface area contributed by atoms with Crippen LogP contribution >= 0.6 is 0 Å². The fourth-order valence-corrected chi connectivity index (χ4v) is 4.12. The van der Waals surface area contributed by atoms with Crippen LogP contribution in [0.25, 0.3) is 0 Å². The molecule has 0 radical (unpaired) electrons. The minimum atomic E-state index is -4.46. The minimum Gasteiger partial charge on any atom is -0.488 e. The number of hydrogen-bond donors (Lipinski definition) is 3. The molecule has 3 amide bonds. The number of halogens is 3. The van der Waals surface area contributed by atoms with Gasteiger partial charge < -0.3 is 30.3 Å². The van der Waals surface area contributed by atoms with Crippen molar-refractivity contribution in [3.05, 3.63) is 53.6 Å². The number of fused-ring (bicyclic) bond motifs is 1. The molecule has 1 aliphatic heterocycles. The molecule has 202 valence electrons. The lowest BCUT2D eigenvalue weighted by Gasteiger charge is -2.33. The monoisotopic (exact) mass is 522 g/mol. The van der Waals surface area contributed by atoms with Gasteiger partial charge in [0.2, 0.25) is 5.91 Å². The fraction of sp³-hybridized carbons (Fsp3) is 0.462. The highest BCUT2D eigenvalue weighted by Crippen LogP contribution is 2.31. The molecule has 0 aliphatic carbocycles. The first-order valence-corrected chi connectivity index (χ1v) is 12.0. The van der Waals surface area contributed by atoms with Crippen LogP contribution in [0.15, 0.2) is 42.5 Å². The zero-order valence-electron chi connectivity index (χ0n) is 21.3. The predicted octanol–water partition coefficient (Wildman–Crippen LogP) is 4.06. The van der Waals surface area contributed by atoms with Gasteiger partial charge in [-0.2, -0.15) is 13.2 Å². The van der Waals surface area contributed by atoms with Gasteiger partial charge in [-0.15, -0.1) is 0 Å². The number of alkyl halides is 3. The average Bonchev–Trinajstić information content (AvgIpc) is 2.86. The summed E-state index contributed by atoms with van der Waals surface area (Å²) in [5.41, 5.74) is 0.344. The molecule has 8 nitrogen and oxygen atoms in total. The second-order valence-corrected chi connectivity index (χ2v) is 9.63. The molecule has 0 aromatic heterocycles. The van der Waals surface area contributed by atoms with Crippen molar-refractivity contribution in [2.75, 3.05) is 44.4 Å². The Morgan fingerprint density at radius 2 is 1.78 bits per heavy atom. The Morgan fingerprint density at radius 1 is 1.16 bits per heavy atom. The third-order valence-corrected chi connectivity index (χ3v) is 6.19. The van der Waals surface area contributed by atoms with Crippen LogP contribution in [-0.4, -0.2) is 72.8 Å². The summed E-state index contributed by atoms with van der Waals surface area (Å²) in [6.45, 7) is 4.66. The number of carbonyl (C=O) groups is 2. The molecular formula is C26H33F3N4O4. The molecule has 0 fully saturated rings. The van der Waals surface area contributed by atoms with Gasteiger partial charge in [-0.1, -0.05) is 6.92 Å². The van der Waals surface area contributed by atoms with Crippen LogP contribution in [0.4, 0.5) is 29.3 Å². The van der Waals surface area contributed by atoms with E-state index in [1.54, 1.807) is 30.0 Å². The van der Waals surface area contributed by atoms with Crippen molar-refractivity contribution in [2.24, 2.45) is 5.92 Å². The number of anilines is 2. The van der Waals surface area contributed by atoms with E-state index in [1.807, 2.05) is 25.9 Å². The molecule has 2 aromatic carbocycles. The Kier molecular flexibility index (Phi) is 9.03. The normalized spacial score (nSPS) is 19.3. The molecule has 0 saturated heterocycles. The second-order valence-electron chi connectivity index (χ2n) is 9.63. The number of hydrogen-bond acceptors (Lipinski definition) is 5. The molecule has 3 atom stereocenters. The average molecular weight is 523 g/mol. The maximum absolute atomic E-state index is 13.2. The van der Waals surface area contributed by atoms with E-state index in [0.717, 1.165) is 12.1 Å². The molecule has 0 saturated carbocycles. The summed E-state index contributed by atoms with van der Waals surface area (Å²) < 4.78 is 44.6. The molecule has 0 bridgehead atoms. The number of urea groups is 1. The summed E-state index contributed by atoms with van der Waals surface area (Å²) >= 11 is 0. The summed E-state index contributed by atoms with van der Waals surface area (Å²) in [5, 5.41) is 14.9. The lowest BCUT2D eigenvalue weighted by atomic mass is 10.0. The van der Waals surface area contributed by atoms with Crippen LogP contribution in [0, 0.1) is 5.92 Å². The van der Waals surface area contributed by atoms with Crippen molar-refractivity contribution >= 4 is 23.3 Å². The first kappa shape index (κ1) is 28.3. The molecule has 3 rings (SSSR count). The Bertz CT molecular complexity index is 1090. The Morgan fingerprint density at radius 3 is 2.38 bits per heavy atom. The van der Waals surface area contributed by atoms with E-state index < -0.39 is 17.8 Å². The van der Waals surface area contributed by atoms with Crippen LogP contribution < -0.4 is 15.4 Å². The van der Waals surface area contributed by atoms with Crippen molar-refractivity contribution in [2.45, 2.75) is 38.6 Å². The lowest BCUT2D eigenvalue weighted by Crippen LogP contribution is -2.47. The predicted molar refractivity (Wildman–Crippen MR) is 135 cm³/mol. The Hall–Kier alpha value is -3.31. The van der Waals surface area contributed by atoms with Crippen molar-refractivity contribution in [1.82, 2.24) is 9.80 Å². The van der Waals surface area contributed by atoms with Crippen LogP contribution in [0.2, 0.25) is 0 Å². The second kappa shape index (κ2) is 11.8. The maximum Gasteiger partial charge on any atom is 0.416 e. The number of carbonyl (C=O) groups excluding carboxylic acids is 2. The first-order chi connectivity index (χ1) is 17.4. The van der Waals surface area contributed by atoms with E-state index in [2.05, 4.69) is 10.6 Å². The molecule has 1 heterocycles. The minimum absolute atomic E-state index is 0.0110. The molecule has 37 heavy (non-hydrogen) atoms. The van der Waals surface area contributed by atoms with Gasteiger partial charge in [0, 0.05) is 35.9 Å². The van der Waals surface area contributed by atoms with Crippen LogP contribution in [0.5, 0.6) is 5.75 Å². The van der Waals surface area contributed by atoms with Crippen molar-refractivity contribution < 1.29 is 32.6 Å². The summed E-state index contributed by atoms with van der Waals surface area (Å²) in [5.74, 6) is 0.341. The quantitative estimate of drug-likeness (QED) is 0.532. The molecule has 2 aromatic rings. The van der Waals surface area contributed by atoms with Crippen LogP contribution in [-0.2, 0) is 17.4 Å². The van der Waals surface area contributed by atoms with Gasteiger partial charge in [0.15, 0.2) is 0 Å². The zero-order chi connectivity index (χ0) is 27.3. The van der Waals surface area contributed by atoms with Gasteiger partial charge in [0.1, 0.15) is 11.9 Å². The van der Waals surface area contributed by atoms with Gasteiger partial charge in [-0.3, -0.25) is 4.79 Å². The number of nitrogens with zero attached hydrogens (tertiary/aromatic N) is 2. The largest absolute Gasteiger partial charge is 0.488 e. The number of aliphatic hydroxyl groups excluding tert-OH is 1. The SMILES string of the molecule is C[C@H]1CN([C@@H](C)CO)C(=O)Cc2cc(NC(=O)Nc3ccc(C(F)(F)F)cc3)ccc2O[C@@H]1CN(C)C. The van der Waals surface area contributed by atoms with E-state index in [1.165, 1.54) is 12.1 Å². The summed E-state index contributed by atoms with van der Waals surface area (Å²) in [6, 6.07) is 8.06. The van der Waals surface area contributed by atoms with Gasteiger partial charge in [-0.05, 0) is 63.5 Å². The Balaban J connectivity index is 1.81. The number of aliphatic hydroxyl groups is 1. The number of ether oxygens (including phenoxy) is 1. The standard InChI is InChI=1S/C26H33F3N4O4/c1-16-13-33(17(2)15-34)24(35)12-18-11-21(9-10-22(18)37-23(16)14-32(3)4)31-25(36)30-20-7-5-19(6-8-20)26(27,28)29/h5-11,16-17,23,34H,12-15H2,1-4H3,(H2,30,31,36)/t16-,17-,23+/m0/s1.